The molecule has 0 aliphatic carbocycles. The van der Waals surface area contributed by atoms with Gasteiger partial charge in [0.1, 0.15) is 0 Å². The molecule has 1 saturated heterocycles. The van der Waals surface area contributed by atoms with Crippen LogP contribution in [0.4, 0.5) is 13.2 Å². The fraction of sp³-hybridized carbons (Fsp3) is 1.00. The van der Waals surface area contributed by atoms with Gasteiger partial charge in [-0.05, 0) is 6.92 Å². The standard InChI is InChI=1S/C9H17F3N2O/c1-8-6-13(7-9(10,11)12)2-3-14(8)4-5-15/h8,15H,2-7H2,1H3. The zero-order chi connectivity index (χ0) is 11.5. The quantitative estimate of drug-likeness (QED) is 0.761. The molecule has 0 radical (unpaired) electrons. The smallest absolute Gasteiger partial charge is 0.395 e. The minimum atomic E-state index is -4.11. The van der Waals surface area contributed by atoms with Crippen molar-refractivity contribution >= 4 is 0 Å². The summed E-state index contributed by atoms with van der Waals surface area (Å²) in [5, 5.41) is 8.75. The number of alkyl halides is 3. The number of hydrogen-bond donors (Lipinski definition) is 1. The Morgan fingerprint density at radius 2 is 2.00 bits per heavy atom. The van der Waals surface area contributed by atoms with E-state index in [-0.39, 0.29) is 12.6 Å². The van der Waals surface area contributed by atoms with Crippen LogP contribution in [0.5, 0.6) is 0 Å². The van der Waals surface area contributed by atoms with E-state index in [0.29, 0.717) is 26.2 Å². The topological polar surface area (TPSA) is 26.7 Å². The molecule has 0 aromatic heterocycles. The summed E-state index contributed by atoms with van der Waals surface area (Å²) in [6.07, 6.45) is -4.11. The Labute approximate surface area is 87.5 Å². The minimum Gasteiger partial charge on any atom is -0.395 e. The van der Waals surface area contributed by atoms with Crippen molar-refractivity contribution in [2.24, 2.45) is 0 Å². The second kappa shape index (κ2) is 5.14. The lowest BCUT2D eigenvalue weighted by Gasteiger charge is -2.39. The summed E-state index contributed by atoms with van der Waals surface area (Å²) >= 11 is 0. The van der Waals surface area contributed by atoms with Crippen LogP contribution in [0.15, 0.2) is 0 Å². The van der Waals surface area contributed by atoms with Crippen LogP contribution >= 0.6 is 0 Å². The molecule has 0 spiro atoms. The molecule has 0 aromatic rings. The molecular formula is C9H17F3N2O. The number of halogens is 3. The summed E-state index contributed by atoms with van der Waals surface area (Å²) in [5.74, 6) is 0. The van der Waals surface area contributed by atoms with E-state index in [1.165, 1.54) is 4.90 Å². The summed E-state index contributed by atoms with van der Waals surface area (Å²) in [4.78, 5) is 3.42. The van der Waals surface area contributed by atoms with Gasteiger partial charge in [-0.2, -0.15) is 13.2 Å². The van der Waals surface area contributed by atoms with E-state index in [1.807, 2.05) is 11.8 Å². The highest BCUT2D eigenvalue weighted by atomic mass is 19.4. The molecule has 1 atom stereocenters. The predicted molar refractivity (Wildman–Crippen MR) is 50.6 cm³/mol. The monoisotopic (exact) mass is 226 g/mol. The number of β-amino-alcohol motifs (C(OH)–C–C–N with tert-alkyl or cyclic N) is 1. The highest BCUT2D eigenvalue weighted by Crippen LogP contribution is 2.18. The number of aliphatic hydroxyl groups is 1. The molecule has 90 valence electrons. The van der Waals surface area contributed by atoms with Crippen LogP contribution in [0, 0.1) is 0 Å². The second-order valence-corrected chi connectivity index (χ2v) is 3.96. The first kappa shape index (κ1) is 12.7. The van der Waals surface area contributed by atoms with E-state index in [4.69, 9.17) is 5.11 Å². The van der Waals surface area contributed by atoms with Gasteiger partial charge in [0.05, 0.1) is 13.2 Å². The van der Waals surface area contributed by atoms with Crippen molar-refractivity contribution in [3.63, 3.8) is 0 Å². The predicted octanol–water partition coefficient (Wildman–Crippen LogP) is 0.547. The lowest BCUT2D eigenvalue weighted by atomic mass is 10.2. The van der Waals surface area contributed by atoms with Gasteiger partial charge in [0.25, 0.3) is 0 Å². The maximum Gasteiger partial charge on any atom is 0.401 e. The Bertz CT molecular complexity index is 198. The molecule has 1 rings (SSSR count). The van der Waals surface area contributed by atoms with Crippen LogP contribution < -0.4 is 0 Å². The minimum absolute atomic E-state index is 0.0591. The van der Waals surface area contributed by atoms with Crippen LogP contribution in [0.2, 0.25) is 0 Å². The third kappa shape index (κ3) is 4.36. The fourth-order valence-corrected chi connectivity index (χ4v) is 1.93. The Morgan fingerprint density at radius 1 is 1.33 bits per heavy atom. The van der Waals surface area contributed by atoms with Gasteiger partial charge in [0, 0.05) is 32.2 Å². The molecule has 0 saturated carbocycles. The van der Waals surface area contributed by atoms with E-state index in [0.717, 1.165) is 0 Å². The number of hydrogen-bond acceptors (Lipinski definition) is 3. The first-order valence-corrected chi connectivity index (χ1v) is 5.06. The Morgan fingerprint density at radius 3 is 2.47 bits per heavy atom. The Hall–Kier alpha value is -0.330. The highest BCUT2D eigenvalue weighted by Gasteiger charge is 2.33. The van der Waals surface area contributed by atoms with Crippen LogP contribution in [0.3, 0.4) is 0 Å². The second-order valence-electron chi connectivity index (χ2n) is 3.96. The van der Waals surface area contributed by atoms with Gasteiger partial charge in [-0.25, -0.2) is 0 Å². The first-order valence-electron chi connectivity index (χ1n) is 5.06. The van der Waals surface area contributed by atoms with Crippen molar-refractivity contribution in [2.45, 2.75) is 19.1 Å². The van der Waals surface area contributed by atoms with Crippen LogP contribution in [-0.2, 0) is 0 Å². The van der Waals surface area contributed by atoms with Gasteiger partial charge in [-0.15, -0.1) is 0 Å². The third-order valence-electron chi connectivity index (χ3n) is 2.64. The molecule has 0 bridgehead atoms. The van der Waals surface area contributed by atoms with Crippen LogP contribution in [-0.4, -0.2) is 66.5 Å². The zero-order valence-corrected chi connectivity index (χ0v) is 8.80. The molecule has 1 unspecified atom stereocenters. The number of piperazine rings is 1. The van der Waals surface area contributed by atoms with Crippen LogP contribution in [0.1, 0.15) is 6.92 Å². The van der Waals surface area contributed by atoms with E-state index in [1.54, 1.807) is 0 Å². The lowest BCUT2D eigenvalue weighted by Crippen LogP contribution is -2.54. The van der Waals surface area contributed by atoms with Crippen molar-refractivity contribution < 1.29 is 18.3 Å². The number of rotatable bonds is 3. The summed E-state index contributed by atoms with van der Waals surface area (Å²) in [6, 6.07) is 0.0771. The van der Waals surface area contributed by atoms with Gasteiger partial charge in [0.2, 0.25) is 0 Å². The summed E-state index contributed by atoms with van der Waals surface area (Å²) in [5.41, 5.74) is 0. The Kier molecular flexibility index (Phi) is 4.36. The maximum absolute atomic E-state index is 12.1. The summed E-state index contributed by atoms with van der Waals surface area (Å²) in [7, 11) is 0. The largest absolute Gasteiger partial charge is 0.401 e. The summed E-state index contributed by atoms with van der Waals surface area (Å²) < 4.78 is 36.4. The highest BCUT2D eigenvalue weighted by molar-refractivity contribution is 4.79. The van der Waals surface area contributed by atoms with Crippen LogP contribution in [0.25, 0.3) is 0 Å². The average Bonchev–Trinajstić information content (AvgIpc) is 2.07. The fourth-order valence-electron chi connectivity index (χ4n) is 1.93. The molecule has 1 aliphatic rings. The van der Waals surface area contributed by atoms with E-state index in [2.05, 4.69) is 0 Å². The first-order chi connectivity index (χ1) is 6.92. The normalized spacial score (nSPS) is 25.8. The van der Waals surface area contributed by atoms with Crippen molar-refractivity contribution in [1.82, 2.24) is 9.80 Å². The van der Waals surface area contributed by atoms with Gasteiger partial charge >= 0.3 is 6.18 Å². The van der Waals surface area contributed by atoms with Gasteiger partial charge < -0.3 is 5.11 Å². The number of aliphatic hydroxyl groups excluding tert-OH is 1. The Balaban J connectivity index is 2.37. The van der Waals surface area contributed by atoms with Crippen molar-refractivity contribution in [2.75, 3.05) is 39.3 Å². The average molecular weight is 226 g/mol. The molecule has 0 aromatic carbocycles. The maximum atomic E-state index is 12.1. The lowest BCUT2D eigenvalue weighted by molar-refractivity contribution is -0.151. The van der Waals surface area contributed by atoms with Gasteiger partial charge in [-0.3, -0.25) is 9.80 Å². The molecule has 15 heavy (non-hydrogen) atoms. The molecule has 1 N–H and O–H groups in total. The SMILES string of the molecule is CC1CN(CC(F)(F)F)CCN1CCO. The zero-order valence-electron chi connectivity index (χ0n) is 8.80. The van der Waals surface area contributed by atoms with Crippen molar-refractivity contribution in [3.8, 4) is 0 Å². The third-order valence-corrected chi connectivity index (χ3v) is 2.64. The molecule has 6 heteroatoms. The molecule has 1 fully saturated rings. The van der Waals surface area contributed by atoms with Gasteiger partial charge in [-0.1, -0.05) is 0 Å². The molecule has 3 nitrogen and oxygen atoms in total. The van der Waals surface area contributed by atoms with Crippen molar-refractivity contribution in [1.29, 1.82) is 0 Å². The van der Waals surface area contributed by atoms with Crippen molar-refractivity contribution in [3.05, 3.63) is 0 Å². The van der Waals surface area contributed by atoms with E-state index < -0.39 is 12.7 Å². The summed E-state index contributed by atoms with van der Waals surface area (Å²) in [6.45, 7) is 3.09. The molecule has 1 aliphatic heterocycles. The molecule has 0 amide bonds. The van der Waals surface area contributed by atoms with E-state index >= 15 is 0 Å². The molecular weight excluding hydrogens is 209 g/mol. The molecule has 1 heterocycles. The van der Waals surface area contributed by atoms with Gasteiger partial charge in [0.15, 0.2) is 0 Å². The number of nitrogens with zero attached hydrogens (tertiary/aromatic N) is 2. The van der Waals surface area contributed by atoms with E-state index in [9.17, 15) is 13.2 Å².